The van der Waals surface area contributed by atoms with Crippen molar-refractivity contribution in [3.8, 4) is 0 Å². The molecule has 1 atom stereocenters. The SMILES string of the molecule is CCOC(=O)CC(CC(=O)O)([O][Ti](=[O])[OH])C(=O)OCC. The van der Waals surface area contributed by atoms with E-state index in [9.17, 15) is 17.7 Å². The molecule has 0 aliphatic heterocycles. The van der Waals surface area contributed by atoms with Crippen LogP contribution in [0.4, 0.5) is 0 Å². The number of esters is 2. The number of hydrogen-bond acceptors (Lipinski definition) is 7. The zero-order valence-electron chi connectivity index (χ0n) is 11.1. The van der Waals surface area contributed by atoms with Crippen LogP contribution in [0.2, 0.25) is 0 Å². The third-order valence-corrected chi connectivity index (χ3v) is 2.98. The zero-order valence-corrected chi connectivity index (χ0v) is 12.6. The predicted molar refractivity (Wildman–Crippen MR) is 56.9 cm³/mol. The maximum atomic E-state index is 11.8. The summed E-state index contributed by atoms with van der Waals surface area (Å²) in [5.41, 5.74) is -2.35. The van der Waals surface area contributed by atoms with Crippen molar-refractivity contribution in [1.29, 1.82) is 0 Å². The Bertz CT molecular complexity index is 376. The summed E-state index contributed by atoms with van der Waals surface area (Å²) in [6, 6.07) is 0. The molecule has 0 fully saturated rings. The normalized spacial score (nSPS) is 13.2. The molecule has 0 aromatic rings. The summed E-state index contributed by atoms with van der Waals surface area (Å²) in [5.74, 6) is -3.60. The molecule has 0 aliphatic rings. The number of ether oxygens (including phenoxy) is 2. The number of carboxylic acids is 1. The van der Waals surface area contributed by atoms with E-state index in [4.69, 9.17) is 8.79 Å². The first-order valence-electron chi connectivity index (χ1n) is 5.74. The van der Waals surface area contributed by atoms with Crippen LogP contribution in [0.15, 0.2) is 0 Å². The summed E-state index contributed by atoms with van der Waals surface area (Å²) < 4.78 is 33.6. The number of carbonyl (C=O) groups excluding carboxylic acids is 2. The molecular weight excluding hydrogens is 312 g/mol. The number of hydrogen-bond donors (Lipinski definition) is 2. The van der Waals surface area contributed by atoms with Gasteiger partial charge in [0.1, 0.15) is 0 Å². The Kier molecular flexibility index (Phi) is 8.39. The molecule has 0 bridgehead atoms. The molecule has 0 aromatic heterocycles. The van der Waals surface area contributed by atoms with Crippen molar-refractivity contribution in [1.82, 2.24) is 0 Å². The summed E-state index contributed by atoms with van der Waals surface area (Å²) in [4.78, 5) is 34.1. The molecule has 114 valence electrons. The predicted octanol–water partition coefficient (Wildman–Crippen LogP) is -0.481. The van der Waals surface area contributed by atoms with E-state index in [1.165, 1.54) is 13.8 Å². The van der Waals surface area contributed by atoms with Crippen LogP contribution in [0.3, 0.4) is 0 Å². The summed E-state index contributed by atoms with van der Waals surface area (Å²) in [5, 5.41) is 8.82. The van der Waals surface area contributed by atoms with Gasteiger partial charge in [-0.1, -0.05) is 0 Å². The minimum absolute atomic E-state index is 0.00442. The number of rotatable bonds is 9. The molecule has 0 saturated heterocycles. The molecule has 20 heavy (non-hydrogen) atoms. The van der Waals surface area contributed by atoms with Crippen molar-refractivity contribution in [3.63, 3.8) is 0 Å². The van der Waals surface area contributed by atoms with Crippen molar-refractivity contribution in [3.05, 3.63) is 0 Å². The molecule has 0 rings (SSSR count). The van der Waals surface area contributed by atoms with E-state index in [0.717, 1.165) is 0 Å². The molecule has 10 heteroatoms. The zero-order chi connectivity index (χ0) is 15.8. The molecule has 0 heterocycles. The topological polar surface area (TPSA) is 136 Å². The fourth-order valence-electron chi connectivity index (χ4n) is 1.44. The Balaban J connectivity index is 5.39. The first-order chi connectivity index (χ1) is 9.27. The molecule has 1 unspecified atom stereocenters. The first kappa shape index (κ1) is 18.8. The number of carbonyl (C=O) groups is 3. The molecule has 0 spiro atoms. The quantitative estimate of drug-likeness (QED) is 0.424. The minimum atomic E-state index is -4.30. The van der Waals surface area contributed by atoms with Gasteiger partial charge >= 0.3 is 121 Å². The van der Waals surface area contributed by atoms with E-state index in [-0.39, 0.29) is 13.2 Å². The summed E-state index contributed by atoms with van der Waals surface area (Å²) >= 11 is -4.30. The van der Waals surface area contributed by atoms with Gasteiger partial charge in [-0.25, -0.2) is 0 Å². The van der Waals surface area contributed by atoms with Crippen molar-refractivity contribution >= 4 is 17.9 Å². The van der Waals surface area contributed by atoms with Gasteiger partial charge in [-0.2, -0.15) is 0 Å². The fourth-order valence-corrected chi connectivity index (χ4v) is 2.32. The molecule has 2 N–H and O–H groups in total. The average Bonchev–Trinajstić information content (AvgIpc) is 2.27. The van der Waals surface area contributed by atoms with Gasteiger partial charge in [0.2, 0.25) is 0 Å². The van der Waals surface area contributed by atoms with E-state index in [0.29, 0.717) is 0 Å². The Morgan fingerprint density at radius 1 is 1.10 bits per heavy atom. The second-order valence-corrected chi connectivity index (χ2v) is 4.78. The second kappa shape index (κ2) is 8.91. The van der Waals surface area contributed by atoms with Crippen LogP contribution in [-0.4, -0.2) is 45.5 Å². The summed E-state index contributed by atoms with van der Waals surface area (Å²) in [6.45, 7) is 2.87. The van der Waals surface area contributed by atoms with Crippen LogP contribution in [0.25, 0.3) is 0 Å². The summed E-state index contributed by atoms with van der Waals surface area (Å²) in [7, 11) is 0. The van der Waals surface area contributed by atoms with Crippen molar-refractivity contribution in [2.24, 2.45) is 0 Å². The standard InChI is InChI=1S/C10H15O7.H2O.O.Ti/c1-3-16-8(13)6-10(15,5-7(11)12)9(14)17-4-2;;;/h3-6H2,1-2H3,(H,11,12);1H2;;/q-1;;;+2/p-1. The third kappa shape index (κ3) is 6.33. The van der Waals surface area contributed by atoms with Gasteiger partial charge in [-0.05, 0) is 0 Å². The molecular formula is C10H16O9Ti. The van der Waals surface area contributed by atoms with Gasteiger partial charge in [0, 0.05) is 0 Å². The maximum absolute atomic E-state index is 11.8. The molecule has 0 aromatic carbocycles. The Hall–Kier alpha value is -1.16. The van der Waals surface area contributed by atoms with Crippen LogP contribution in [0.5, 0.6) is 0 Å². The van der Waals surface area contributed by atoms with Gasteiger partial charge < -0.3 is 0 Å². The first-order valence-corrected chi connectivity index (χ1v) is 7.71. The van der Waals surface area contributed by atoms with E-state index in [1.807, 2.05) is 0 Å². The van der Waals surface area contributed by atoms with Gasteiger partial charge in [0.25, 0.3) is 0 Å². The van der Waals surface area contributed by atoms with Gasteiger partial charge in [0.05, 0.1) is 0 Å². The Morgan fingerprint density at radius 2 is 1.65 bits per heavy atom. The Morgan fingerprint density at radius 3 is 2.05 bits per heavy atom. The van der Waals surface area contributed by atoms with Crippen LogP contribution in [-0.2, 0) is 49.1 Å². The summed E-state index contributed by atoms with van der Waals surface area (Å²) in [6.07, 6.45) is -1.80. The fraction of sp³-hybridized carbons (Fsp3) is 0.700. The van der Waals surface area contributed by atoms with Crippen molar-refractivity contribution in [2.45, 2.75) is 32.3 Å². The van der Waals surface area contributed by atoms with Gasteiger partial charge in [-0.15, -0.1) is 0 Å². The number of aliphatic carboxylic acids is 1. The van der Waals surface area contributed by atoms with E-state index >= 15 is 0 Å². The molecule has 0 amide bonds. The molecule has 0 saturated carbocycles. The molecule has 0 radical (unpaired) electrons. The second-order valence-electron chi connectivity index (χ2n) is 3.64. The molecule has 9 nitrogen and oxygen atoms in total. The average molecular weight is 328 g/mol. The van der Waals surface area contributed by atoms with E-state index in [2.05, 4.69) is 12.8 Å². The third-order valence-electron chi connectivity index (χ3n) is 2.10. The van der Waals surface area contributed by atoms with E-state index in [1.54, 1.807) is 0 Å². The van der Waals surface area contributed by atoms with Crippen LogP contribution in [0, 0.1) is 0 Å². The number of carboxylic acid groups (broad SMARTS) is 1. The Labute approximate surface area is 121 Å². The van der Waals surface area contributed by atoms with Gasteiger partial charge in [-0.3, -0.25) is 0 Å². The van der Waals surface area contributed by atoms with Crippen molar-refractivity contribution < 1.29 is 57.9 Å². The molecule has 0 aliphatic carbocycles. The van der Waals surface area contributed by atoms with Gasteiger partial charge in [0.15, 0.2) is 0 Å². The van der Waals surface area contributed by atoms with Crippen LogP contribution in [0.1, 0.15) is 26.7 Å². The monoisotopic (exact) mass is 328 g/mol. The van der Waals surface area contributed by atoms with Crippen LogP contribution >= 0.6 is 0 Å². The van der Waals surface area contributed by atoms with Crippen molar-refractivity contribution in [2.75, 3.05) is 13.2 Å². The van der Waals surface area contributed by atoms with Crippen LogP contribution < -0.4 is 0 Å². The van der Waals surface area contributed by atoms with E-state index < -0.39 is 55.0 Å².